The maximum absolute atomic E-state index is 13.8. The van der Waals surface area contributed by atoms with Crippen LogP contribution in [0.25, 0.3) is 17.2 Å². The Balaban J connectivity index is 0.786. The molecule has 2 aliphatic heterocycles. The number of nitrogens with two attached hydrogens (primary N) is 1. The summed E-state index contributed by atoms with van der Waals surface area (Å²) in [5, 5.41) is 5.62. The summed E-state index contributed by atoms with van der Waals surface area (Å²) in [6.07, 6.45) is 2.47. The Hall–Kier alpha value is -5.49. The molecule has 510 valence electrons. The van der Waals surface area contributed by atoms with Gasteiger partial charge in [0.05, 0.1) is 69.9 Å². The molecule has 91 heavy (non-hydrogen) atoms. The van der Waals surface area contributed by atoms with Gasteiger partial charge >= 0.3 is 183 Å². The predicted octanol–water partition coefficient (Wildman–Crippen LogP) is 3.09. The molecule has 0 saturated carbocycles. The van der Waals surface area contributed by atoms with E-state index in [1.165, 1.54) is 4.31 Å². The van der Waals surface area contributed by atoms with Crippen molar-refractivity contribution in [2.45, 2.75) is 70.3 Å². The van der Waals surface area contributed by atoms with Crippen LogP contribution < -0.4 is 42.7 Å². The molecule has 2 aliphatic rings. The third kappa shape index (κ3) is 29.1. The molecular formula is C61H86F4IN6O18S-. The number of hydrogen-bond acceptors (Lipinski definition) is 20. The molecule has 0 spiro atoms. The van der Waals surface area contributed by atoms with E-state index in [0.29, 0.717) is 145 Å². The standard InChI is InChI=1S/C61H86F4IN6O18S/c1-5-15-71(16-7-14-68-60(76)90-61(2,3)4)59(75)48-35-47-11-10-46(37-52(47)70-53(67)38-48)45-8-6-9-49(36-45)91(77,78)72-41-44(42-72)40-69-54(73)12-17-79-33-34-88-66-43-87-32-31-86-30-29-85-28-27-84-26-25-83-24-23-82-22-21-81-20-19-80-18-13-55(74)89-58-56(64)50(62)39-51(63)57(58)65/h6,8-11,35-37,39,44H,5,7,12-34,38,40-43H2,1-4H3,(H2,67,70)(H,68,76)(H,69,73)/q-1. The number of sulfonamides is 1. The van der Waals surface area contributed by atoms with E-state index in [1.807, 2.05) is 31.2 Å². The van der Waals surface area contributed by atoms with Crippen LogP contribution in [0, 0.1) is 29.2 Å². The number of hydrogen-bond donors (Lipinski definition) is 3. The van der Waals surface area contributed by atoms with Crippen molar-refractivity contribution in [1.82, 2.24) is 19.8 Å². The fourth-order valence-corrected chi connectivity index (χ4v) is 11.3. The van der Waals surface area contributed by atoms with E-state index < -0.39 is 84.7 Å². The number of benzene rings is 3. The molecule has 3 aromatic carbocycles. The van der Waals surface area contributed by atoms with Crippen LogP contribution in [0.3, 0.4) is 0 Å². The van der Waals surface area contributed by atoms with Crippen molar-refractivity contribution < 1.29 is 122 Å². The van der Waals surface area contributed by atoms with Crippen molar-refractivity contribution in [2.24, 2.45) is 16.6 Å². The van der Waals surface area contributed by atoms with Gasteiger partial charge in [-0.05, 0) is 69.0 Å². The number of rotatable bonds is 46. The Morgan fingerprint density at radius 3 is 1.82 bits per heavy atom. The molecule has 3 amide bonds. The largest absolute Gasteiger partial charge is 0.387 e. The van der Waals surface area contributed by atoms with Crippen molar-refractivity contribution in [2.75, 3.05) is 163 Å². The number of halogens is 5. The zero-order valence-electron chi connectivity index (χ0n) is 52.1. The second kappa shape index (κ2) is 42.0. The molecule has 30 heteroatoms. The third-order valence-electron chi connectivity index (χ3n) is 13.0. The number of amides is 3. The van der Waals surface area contributed by atoms with Crippen LogP contribution in [0.4, 0.5) is 28.0 Å². The van der Waals surface area contributed by atoms with Crippen LogP contribution in [0.15, 0.2) is 64.0 Å². The molecule has 0 bridgehead atoms. The molecule has 3 aromatic rings. The van der Waals surface area contributed by atoms with E-state index in [1.54, 1.807) is 49.9 Å². The number of esters is 1. The quantitative estimate of drug-likeness (QED) is 0.0139. The first kappa shape index (κ1) is 76.2. The minimum atomic E-state index is -3.82. The van der Waals surface area contributed by atoms with Crippen LogP contribution in [0.2, 0.25) is 0 Å². The first-order valence-corrected chi connectivity index (χ1v) is 33.9. The number of amidine groups is 1. The minimum Gasteiger partial charge on any atom is -0.387 e. The molecule has 5 rings (SSSR count). The summed E-state index contributed by atoms with van der Waals surface area (Å²) in [6, 6.07) is 12.2. The molecule has 1 saturated heterocycles. The number of nitrogens with zero attached hydrogens (tertiary/aromatic N) is 3. The summed E-state index contributed by atoms with van der Waals surface area (Å²) in [4.78, 5) is 56.7. The van der Waals surface area contributed by atoms with E-state index in [4.69, 9.17) is 56.2 Å². The van der Waals surface area contributed by atoms with E-state index in [0.717, 1.165) is 12.0 Å². The van der Waals surface area contributed by atoms with E-state index in [2.05, 4.69) is 20.4 Å². The Morgan fingerprint density at radius 2 is 1.24 bits per heavy atom. The van der Waals surface area contributed by atoms with Gasteiger partial charge in [-0.15, -0.1) is 0 Å². The molecule has 0 unspecified atom stereocenters. The Morgan fingerprint density at radius 1 is 0.692 bits per heavy atom. The number of fused-ring (bicyclic) bond motifs is 1. The summed E-state index contributed by atoms with van der Waals surface area (Å²) >= 11 is -0.643. The molecule has 0 atom stereocenters. The van der Waals surface area contributed by atoms with Crippen LogP contribution in [-0.2, 0) is 74.8 Å². The first-order valence-electron chi connectivity index (χ1n) is 30.0. The third-order valence-corrected chi connectivity index (χ3v) is 16.4. The molecule has 2 heterocycles. The fourth-order valence-electron chi connectivity index (χ4n) is 8.48. The monoisotopic (exact) mass is 1430 g/mol. The second-order valence-electron chi connectivity index (χ2n) is 21.4. The zero-order valence-corrected chi connectivity index (χ0v) is 55.0. The topological polar surface area (TPSA) is 282 Å². The fraction of sp³-hybridized carbons (Fsp3) is 0.590. The molecule has 0 radical (unpaired) electrons. The molecule has 0 aliphatic carbocycles. The number of alkyl carbamates (subject to hydrolysis) is 1. The van der Waals surface area contributed by atoms with E-state index in [-0.39, 0.29) is 93.5 Å². The molecule has 4 N–H and O–H groups in total. The smallest absolute Gasteiger partial charge is 0.104 e. The molecule has 1 fully saturated rings. The number of carbonyl (C=O) groups excluding carboxylic acids is 4. The van der Waals surface area contributed by atoms with Gasteiger partial charge < -0.3 is 44.4 Å². The van der Waals surface area contributed by atoms with Crippen molar-refractivity contribution in [3.8, 4) is 16.9 Å². The Labute approximate surface area is 540 Å². The van der Waals surface area contributed by atoms with Crippen molar-refractivity contribution >= 4 is 51.5 Å². The molecular weight excluding hydrogens is 1340 g/mol. The van der Waals surface area contributed by atoms with Crippen LogP contribution in [-0.4, -0.2) is 216 Å². The van der Waals surface area contributed by atoms with Crippen molar-refractivity contribution in [3.63, 3.8) is 0 Å². The first-order chi connectivity index (χ1) is 43.7. The van der Waals surface area contributed by atoms with Gasteiger partial charge in [-0.1, -0.05) is 31.2 Å². The summed E-state index contributed by atoms with van der Waals surface area (Å²) in [5.41, 5.74) is 8.89. The van der Waals surface area contributed by atoms with E-state index in [9.17, 15) is 45.2 Å². The predicted molar refractivity (Wildman–Crippen MR) is 321 cm³/mol. The van der Waals surface area contributed by atoms with Gasteiger partial charge in [-0.2, -0.15) is 8.78 Å². The average Bonchev–Trinajstić information content (AvgIpc) is 1.32. The minimum absolute atomic E-state index is 0.0112. The van der Waals surface area contributed by atoms with Gasteiger partial charge in [0, 0.05) is 43.3 Å². The number of aliphatic imine (C=N–C) groups is 1. The number of nitrogens with one attached hydrogen (secondary N) is 2. The van der Waals surface area contributed by atoms with Crippen LogP contribution >= 0.6 is 0 Å². The number of carbonyl (C=O) groups is 4. The zero-order chi connectivity index (χ0) is 65.9. The van der Waals surface area contributed by atoms with Gasteiger partial charge in [-0.25, -0.2) is 27.0 Å². The van der Waals surface area contributed by atoms with Gasteiger partial charge in [0.25, 0.3) is 0 Å². The maximum Gasteiger partial charge on any atom is 0.104 e. The maximum atomic E-state index is 13.8. The van der Waals surface area contributed by atoms with Crippen molar-refractivity contribution in [1.29, 1.82) is 0 Å². The average molecular weight is 1430 g/mol. The Kier molecular flexibility index (Phi) is 35.1. The summed E-state index contributed by atoms with van der Waals surface area (Å²) < 4.78 is 147. The van der Waals surface area contributed by atoms with Crippen LogP contribution in [0.1, 0.15) is 65.4 Å². The Bertz CT molecular complexity index is 2900. The molecule has 0 aromatic heterocycles. The summed E-state index contributed by atoms with van der Waals surface area (Å²) in [5.74, 6) is -9.68. The second-order valence-corrected chi connectivity index (χ2v) is 25.2. The van der Waals surface area contributed by atoms with Gasteiger partial charge in [0.2, 0.25) is 33.3 Å². The van der Waals surface area contributed by atoms with Gasteiger partial charge in [-0.3, -0.25) is 9.59 Å². The number of ether oxygens (including phenoxy) is 11. The SMILES string of the molecule is CCCN(CCCNC(=O)OC(C)(C)C)C(=O)C1=Cc2ccc(-c3cccc(S(=O)(=O)N4CC(CNC(=O)CCOCCO[I-]COCCOCCOCCOCCOCCOCCOCCOCCC(=O)Oc5c(F)c(F)cc(F)c5F)C4)c3)cc2N=C(N)C1. The van der Waals surface area contributed by atoms with Crippen LogP contribution in [0.5, 0.6) is 5.75 Å². The van der Waals surface area contributed by atoms with Gasteiger partial charge in [0.1, 0.15) is 11.4 Å². The van der Waals surface area contributed by atoms with E-state index >= 15 is 0 Å². The molecule has 24 nitrogen and oxygen atoms in total. The summed E-state index contributed by atoms with van der Waals surface area (Å²) in [6.45, 7) is 15.1. The summed E-state index contributed by atoms with van der Waals surface area (Å²) in [7, 11) is -3.82. The number of alkyl halides is 1. The van der Waals surface area contributed by atoms with Crippen molar-refractivity contribution in [3.05, 3.63) is 82.9 Å². The normalized spacial score (nSPS) is 13.7. The van der Waals surface area contributed by atoms with Gasteiger partial charge in [0.15, 0.2) is 11.6 Å².